The van der Waals surface area contributed by atoms with Crippen LogP contribution >= 0.6 is 0 Å². The van der Waals surface area contributed by atoms with Gasteiger partial charge < -0.3 is 10.1 Å². The summed E-state index contributed by atoms with van der Waals surface area (Å²) in [5, 5.41) is 2.07. The molecule has 0 aliphatic carbocycles. The van der Waals surface area contributed by atoms with E-state index in [-0.39, 0.29) is 18.7 Å². The fraction of sp³-hybridized carbons (Fsp3) is 0.200. The molecule has 0 saturated carbocycles. The molecule has 0 atom stereocenters. The normalized spacial score (nSPS) is 9.69. The van der Waals surface area contributed by atoms with Gasteiger partial charge in [0.15, 0.2) is 0 Å². The van der Waals surface area contributed by atoms with Gasteiger partial charge in [-0.1, -0.05) is 0 Å². The van der Waals surface area contributed by atoms with Crippen molar-refractivity contribution in [2.24, 2.45) is 0 Å². The molecule has 1 amide bonds. The highest BCUT2D eigenvalue weighted by atomic mass is 19.1. The van der Waals surface area contributed by atoms with E-state index in [0.717, 1.165) is 12.1 Å². The minimum Gasteiger partial charge on any atom is -0.462 e. The zero-order chi connectivity index (χ0) is 12.1. The maximum Gasteiger partial charge on any atom is 0.344 e. The monoisotopic (exact) mass is 229 g/mol. The fourth-order valence-electron chi connectivity index (χ4n) is 1.12. The lowest BCUT2D eigenvalue weighted by molar-refractivity contribution is -0.105. The second kappa shape index (κ2) is 5.20. The number of hydrogen-bond acceptors (Lipinski definition) is 3. The summed E-state index contributed by atoms with van der Waals surface area (Å²) in [6.45, 7) is 1.54. The quantitative estimate of drug-likeness (QED) is 0.631. The highest BCUT2D eigenvalue weighted by Crippen LogP contribution is 2.19. The molecule has 0 unspecified atom stereocenters. The van der Waals surface area contributed by atoms with Crippen molar-refractivity contribution in [1.29, 1.82) is 0 Å². The summed E-state index contributed by atoms with van der Waals surface area (Å²) < 4.78 is 31.1. The van der Waals surface area contributed by atoms with Crippen molar-refractivity contribution in [2.45, 2.75) is 6.92 Å². The number of halogens is 2. The van der Waals surface area contributed by atoms with E-state index in [9.17, 15) is 18.4 Å². The molecule has 0 heterocycles. The van der Waals surface area contributed by atoms with Gasteiger partial charge >= 0.3 is 5.97 Å². The molecule has 1 rings (SSSR count). The van der Waals surface area contributed by atoms with Crippen molar-refractivity contribution in [3.05, 3.63) is 29.3 Å². The first-order valence-corrected chi connectivity index (χ1v) is 4.46. The van der Waals surface area contributed by atoms with Crippen LogP contribution in [0.3, 0.4) is 0 Å². The maximum absolute atomic E-state index is 13.3. The van der Waals surface area contributed by atoms with E-state index in [2.05, 4.69) is 10.1 Å². The Labute approximate surface area is 90.2 Å². The van der Waals surface area contributed by atoms with Crippen molar-refractivity contribution < 1.29 is 23.1 Å². The number of esters is 1. The minimum absolute atomic E-state index is 0.0199. The minimum atomic E-state index is -1.08. The Morgan fingerprint density at radius 2 is 2.00 bits per heavy atom. The number of benzene rings is 1. The third-order valence-electron chi connectivity index (χ3n) is 1.75. The third-order valence-corrected chi connectivity index (χ3v) is 1.75. The number of hydrogen-bond donors (Lipinski definition) is 1. The zero-order valence-electron chi connectivity index (χ0n) is 8.42. The van der Waals surface area contributed by atoms with Gasteiger partial charge in [0.1, 0.15) is 17.2 Å². The van der Waals surface area contributed by atoms with Gasteiger partial charge in [0.25, 0.3) is 0 Å². The van der Waals surface area contributed by atoms with Crippen LogP contribution in [0.5, 0.6) is 0 Å². The SMILES string of the molecule is CCOC(=O)c1c(F)cc(NC=O)cc1F. The average Bonchev–Trinajstić information content (AvgIpc) is 2.17. The Hall–Kier alpha value is -1.98. The van der Waals surface area contributed by atoms with Crippen LogP contribution in [0.2, 0.25) is 0 Å². The number of carbonyl (C=O) groups is 2. The summed E-state index contributed by atoms with van der Waals surface area (Å²) in [7, 11) is 0. The van der Waals surface area contributed by atoms with Crippen LogP contribution < -0.4 is 5.32 Å². The number of nitrogens with one attached hydrogen (secondary N) is 1. The lowest BCUT2D eigenvalue weighted by Gasteiger charge is -2.06. The van der Waals surface area contributed by atoms with Crippen molar-refractivity contribution in [3.63, 3.8) is 0 Å². The van der Waals surface area contributed by atoms with Gasteiger partial charge in [-0.3, -0.25) is 4.79 Å². The molecule has 0 spiro atoms. The van der Waals surface area contributed by atoms with E-state index in [1.54, 1.807) is 0 Å². The molecule has 0 saturated heterocycles. The van der Waals surface area contributed by atoms with Gasteiger partial charge in [-0.15, -0.1) is 0 Å². The Morgan fingerprint density at radius 3 is 2.44 bits per heavy atom. The van der Waals surface area contributed by atoms with E-state index >= 15 is 0 Å². The standard InChI is InChI=1S/C10H9F2NO3/c1-2-16-10(15)9-7(11)3-6(13-5-14)4-8(9)12/h3-5H,2H2,1H3,(H,13,14). The highest BCUT2D eigenvalue weighted by molar-refractivity contribution is 5.90. The molecule has 16 heavy (non-hydrogen) atoms. The van der Waals surface area contributed by atoms with E-state index in [4.69, 9.17) is 0 Å². The van der Waals surface area contributed by atoms with Crippen molar-refractivity contribution >= 4 is 18.1 Å². The Morgan fingerprint density at radius 1 is 1.44 bits per heavy atom. The molecule has 1 aromatic rings. The highest BCUT2D eigenvalue weighted by Gasteiger charge is 2.19. The van der Waals surface area contributed by atoms with Crippen molar-refractivity contribution in [3.8, 4) is 0 Å². The van der Waals surface area contributed by atoms with Crippen molar-refractivity contribution in [2.75, 3.05) is 11.9 Å². The molecule has 0 fully saturated rings. The zero-order valence-corrected chi connectivity index (χ0v) is 8.42. The number of ether oxygens (including phenoxy) is 1. The van der Waals surface area contributed by atoms with Gasteiger partial charge in [0.05, 0.1) is 6.61 Å². The first kappa shape index (κ1) is 12.1. The predicted octanol–water partition coefficient (Wildman–Crippen LogP) is 1.71. The van der Waals surface area contributed by atoms with Crippen molar-refractivity contribution in [1.82, 2.24) is 0 Å². The van der Waals surface area contributed by atoms with Gasteiger partial charge in [-0.25, -0.2) is 13.6 Å². The summed E-state index contributed by atoms with van der Waals surface area (Å²) in [4.78, 5) is 21.2. The van der Waals surface area contributed by atoms with Crippen LogP contribution in [0.15, 0.2) is 12.1 Å². The van der Waals surface area contributed by atoms with E-state index < -0.39 is 23.2 Å². The largest absolute Gasteiger partial charge is 0.462 e. The Bertz CT molecular complexity index is 398. The first-order chi connectivity index (χ1) is 7.60. The van der Waals surface area contributed by atoms with Crippen LogP contribution in [0, 0.1) is 11.6 Å². The summed E-state index contributed by atoms with van der Waals surface area (Å²) >= 11 is 0. The fourth-order valence-corrected chi connectivity index (χ4v) is 1.12. The second-order valence-corrected chi connectivity index (χ2v) is 2.80. The summed E-state index contributed by atoms with van der Waals surface area (Å²) in [6, 6.07) is 1.67. The smallest absolute Gasteiger partial charge is 0.344 e. The number of amides is 1. The molecule has 6 heteroatoms. The topological polar surface area (TPSA) is 55.4 Å². The molecular weight excluding hydrogens is 220 g/mol. The summed E-state index contributed by atoms with van der Waals surface area (Å²) in [5.74, 6) is -3.24. The van der Waals surface area contributed by atoms with E-state index in [0.29, 0.717) is 0 Å². The van der Waals surface area contributed by atoms with Gasteiger partial charge in [-0.05, 0) is 19.1 Å². The number of anilines is 1. The van der Waals surface area contributed by atoms with Gasteiger partial charge in [0, 0.05) is 5.69 Å². The Kier molecular flexibility index (Phi) is 3.93. The van der Waals surface area contributed by atoms with Gasteiger partial charge in [-0.2, -0.15) is 0 Å². The number of rotatable bonds is 4. The molecule has 1 aromatic carbocycles. The van der Waals surface area contributed by atoms with E-state index in [1.165, 1.54) is 6.92 Å². The molecular formula is C10H9F2NO3. The summed E-state index contributed by atoms with van der Waals surface area (Å²) in [6.07, 6.45) is 0.276. The van der Waals surface area contributed by atoms with Crippen LogP contribution in [0.4, 0.5) is 14.5 Å². The first-order valence-electron chi connectivity index (χ1n) is 4.46. The van der Waals surface area contributed by atoms with E-state index in [1.807, 2.05) is 0 Å². The molecule has 4 nitrogen and oxygen atoms in total. The molecule has 0 aliphatic rings. The van der Waals surface area contributed by atoms with Crippen LogP contribution in [0.1, 0.15) is 17.3 Å². The molecule has 0 radical (unpaired) electrons. The molecule has 0 aromatic heterocycles. The molecule has 86 valence electrons. The second-order valence-electron chi connectivity index (χ2n) is 2.80. The average molecular weight is 229 g/mol. The Balaban J connectivity index is 3.11. The third kappa shape index (κ3) is 2.53. The summed E-state index contributed by atoms with van der Waals surface area (Å²) in [5.41, 5.74) is -0.837. The maximum atomic E-state index is 13.3. The van der Waals surface area contributed by atoms with Crippen LogP contribution in [-0.4, -0.2) is 19.0 Å². The lowest BCUT2D eigenvalue weighted by atomic mass is 10.2. The molecule has 0 bridgehead atoms. The molecule has 1 N–H and O–H groups in total. The molecule has 0 aliphatic heterocycles. The lowest BCUT2D eigenvalue weighted by Crippen LogP contribution is -2.11. The predicted molar refractivity (Wildman–Crippen MR) is 52.0 cm³/mol. The number of carbonyl (C=O) groups excluding carboxylic acids is 2. The van der Waals surface area contributed by atoms with Crippen LogP contribution in [-0.2, 0) is 9.53 Å². The van der Waals surface area contributed by atoms with Crippen LogP contribution in [0.25, 0.3) is 0 Å². The van der Waals surface area contributed by atoms with Gasteiger partial charge in [0.2, 0.25) is 6.41 Å².